The summed E-state index contributed by atoms with van der Waals surface area (Å²) in [6.07, 6.45) is 4.78. The first-order valence-corrected chi connectivity index (χ1v) is 6.49. The molecule has 1 N–H and O–H groups in total. The number of methoxy groups -OCH3 is 1. The molecule has 2 nitrogen and oxygen atoms in total. The summed E-state index contributed by atoms with van der Waals surface area (Å²) in [5, 5.41) is 9.65. The molecule has 0 spiro atoms. The second-order valence-corrected chi connectivity index (χ2v) is 4.64. The normalized spacial score (nSPS) is 12.5. The summed E-state index contributed by atoms with van der Waals surface area (Å²) in [5.74, 6) is 0.955. The highest BCUT2D eigenvalue weighted by Crippen LogP contribution is 2.20. The van der Waals surface area contributed by atoms with Crippen LogP contribution in [-0.4, -0.2) is 18.3 Å². The summed E-state index contributed by atoms with van der Waals surface area (Å²) in [4.78, 5) is 0. The van der Waals surface area contributed by atoms with Crippen molar-refractivity contribution >= 4 is 0 Å². The highest BCUT2D eigenvalue weighted by Gasteiger charge is 2.04. The Labute approximate surface area is 105 Å². The quantitative estimate of drug-likeness (QED) is 0.785. The van der Waals surface area contributed by atoms with Crippen LogP contribution >= 0.6 is 0 Å². The van der Waals surface area contributed by atoms with Crippen LogP contribution < -0.4 is 4.74 Å². The van der Waals surface area contributed by atoms with Crippen molar-refractivity contribution in [3.63, 3.8) is 0 Å². The lowest BCUT2D eigenvalue weighted by Crippen LogP contribution is -2.05. The lowest BCUT2D eigenvalue weighted by molar-refractivity contribution is 0.151. The highest BCUT2D eigenvalue weighted by molar-refractivity contribution is 5.36. The number of aliphatic hydroxyl groups excluding tert-OH is 1. The van der Waals surface area contributed by atoms with E-state index in [0.29, 0.717) is 0 Å². The van der Waals surface area contributed by atoms with Crippen LogP contribution in [0, 0.1) is 6.92 Å². The fourth-order valence-corrected chi connectivity index (χ4v) is 2.04. The van der Waals surface area contributed by atoms with Crippen LogP contribution in [0.1, 0.15) is 43.7 Å². The number of benzene rings is 1. The minimum Gasteiger partial charge on any atom is -0.496 e. The van der Waals surface area contributed by atoms with Crippen molar-refractivity contribution in [1.29, 1.82) is 0 Å². The molecule has 0 bridgehead atoms. The van der Waals surface area contributed by atoms with Gasteiger partial charge in [0.2, 0.25) is 0 Å². The smallest absolute Gasteiger partial charge is 0.122 e. The Morgan fingerprint density at radius 1 is 1.29 bits per heavy atom. The average Bonchev–Trinajstić information content (AvgIpc) is 2.31. The van der Waals surface area contributed by atoms with Crippen LogP contribution in [0.15, 0.2) is 18.2 Å². The predicted molar refractivity (Wildman–Crippen MR) is 71.6 cm³/mol. The van der Waals surface area contributed by atoms with Crippen LogP contribution in [0.25, 0.3) is 0 Å². The lowest BCUT2D eigenvalue weighted by atomic mass is 10.0. The molecule has 1 atom stereocenters. The number of hydrogen-bond acceptors (Lipinski definition) is 2. The van der Waals surface area contributed by atoms with Gasteiger partial charge in [0.25, 0.3) is 0 Å². The molecule has 1 rings (SSSR count). The number of hydrogen-bond donors (Lipinski definition) is 1. The fraction of sp³-hybridized carbons (Fsp3) is 0.600. The molecule has 0 aliphatic carbocycles. The molecule has 0 amide bonds. The van der Waals surface area contributed by atoms with Gasteiger partial charge in [0.15, 0.2) is 0 Å². The molecular formula is C15H24O2. The summed E-state index contributed by atoms with van der Waals surface area (Å²) in [6, 6.07) is 6.34. The number of aliphatic hydroxyl groups is 1. The number of ether oxygens (including phenoxy) is 1. The van der Waals surface area contributed by atoms with Crippen LogP contribution in [0.5, 0.6) is 5.75 Å². The first-order valence-electron chi connectivity index (χ1n) is 6.49. The maximum absolute atomic E-state index is 9.65. The van der Waals surface area contributed by atoms with Crippen molar-refractivity contribution in [3.8, 4) is 5.75 Å². The Kier molecular flexibility index (Phi) is 6.06. The third kappa shape index (κ3) is 4.78. The van der Waals surface area contributed by atoms with Crippen molar-refractivity contribution in [1.82, 2.24) is 0 Å². The molecule has 0 fully saturated rings. The molecule has 0 saturated heterocycles. The standard InChI is InChI=1S/C15H24O2/c1-4-6-14(16)8-5-7-13-10-9-12(2)15(11-13)17-3/h9-11,14,16H,4-8H2,1-3H3. The Morgan fingerprint density at radius 2 is 2.06 bits per heavy atom. The molecule has 0 aliphatic rings. The summed E-state index contributed by atoms with van der Waals surface area (Å²) in [5.41, 5.74) is 2.46. The maximum Gasteiger partial charge on any atom is 0.122 e. The zero-order valence-corrected chi connectivity index (χ0v) is 11.2. The third-order valence-electron chi connectivity index (χ3n) is 3.10. The SMILES string of the molecule is CCCC(O)CCCc1ccc(C)c(OC)c1. The van der Waals surface area contributed by atoms with Gasteiger partial charge >= 0.3 is 0 Å². The van der Waals surface area contributed by atoms with Crippen molar-refractivity contribution < 1.29 is 9.84 Å². The summed E-state index contributed by atoms with van der Waals surface area (Å²) >= 11 is 0. The molecule has 1 aromatic rings. The molecule has 1 aromatic carbocycles. The largest absolute Gasteiger partial charge is 0.496 e. The van der Waals surface area contributed by atoms with Gasteiger partial charge in [0.05, 0.1) is 13.2 Å². The van der Waals surface area contributed by atoms with E-state index in [-0.39, 0.29) is 6.10 Å². The van der Waals surface area contributed by atoms with Gasteiger partial charge in [-0.3, -0.25) is 0 Å². The molecule has 0 heterocycles. The molecule has 1 unspecified atom stereocenters. The van der Waals surface area contributed by atoms with Gasteiger partial charge in [0.1, 0.15) is 5.75 Å². The molecule has 0 aromatic heterocycles. The van der Waals surface area contributed by atoms with Crippen LogP contribution in [-0.2, 0) is 6.42 Å². The zero-order valence-electron chi connectivity index (χ0n) is 11.2. The van der Waals surface area contributed by atoms with E-state index < -0.39 is 0 Å². The van der Waals surface area contributed by atoms with E-state index in [1.54, 1.807) is 7.11 Å². The first-order chi connectivity index (χ1) is 8.17. The van der Waals surface area contributed by atoms with Gasteiger partial charge in [-0.2, -0.15) is 0 Å². The Hall–Kier alpha value is -1.02. The maximum atomic E-state index is 9.65. The molecule has 17 heavy (non-hydrogen) atoms. The van der Waals surface area contributed by atoms with Crippen LogP contribution in [0.4, 0.5) is 0 Å². The van der Waals surface area contributed by atoms with Gasteiger partial charge < -0.3 is 9.84 Å². The minimum atomic E-state index is -0.132. The lowest BCUT2D eigenvalue weighted by Gasteiger charge is -2.10. The number of aryl methyl sites for hydroxylation is 2. The predicted octanol–water partition coefficient (Wildman–Crippen LogP) is 3.49. The van der Waals surface area contributed by atoms with E-state index in [1.165, 1.54) is 11.1 Å². The van der Waals surface area contributed by atoms with E-state index in [4.69, 9.17) is 4.74 Å². The zero-order chi connectivity index (χ0) is 12.7. The third-order valence-corrected chi connectivity index (χ3v) is 3.10. The molecule has 96 valence electrons. The van der Waals surface area contributed by atoms with Gasteiger partial charge in [-0.1, -0.05) is 25.5 Å². The van der Waals surface area contributed by atoms with Gasteiger partial charge in [-0.05, 0) is 49.8 Å². The van der Waals surface area contributed by atoms with Gasteiger partial charge in [-0.15, -0.1) is 0 Å². The van der Waals surface area contributed by atoms with Gasteiger partial charge in [0, 0.05) is 0 Å². The molecule has 0 saturated carbocycles. The van der Waals surface area contributed by atoms with Crippen molar-refractivity contribution in [2.45, 2.75) is 52.1 Å². The van der Waals surface area contributed by atoms with E-state index in [0.717, 1.165) is 37.9 Å². The summed E-state index contributed by atoms with van der Waals surface area (Å²) in [7, 11) is 1.71. The molecular weight excluding hydrogens is 212 g/mol. The molecule has 2 heteroatoms. The first kappa shape index (κ1) is 14.0. The minimum absolute atomic E-state index is 0.132. The van der Waals surface area contributed by atoms with E-state index in [1.807, 2.05) is 6.92 Å². The van der Waals surface area contributed by atoms with Crippen molar-refractivity contribution in [3.05, 3.63) is 29.3 Å². The Bertz CT molecular complexity index is 334. The van der Waals surface area contributed by atoms with Crippen LogP contribution in [0.2, 0.25) is 0 Å². The second kappa shape index (κ2) is 7.33. The van der Waals surface area contributed by atoms with Crippen LogP contribution in [0.3, 0.4) is 0 Å². The topological polar surface area (TPSA) is 29.5 Å². The second-order valence-electron chi connectivity index (χ2n) is 4.64. The van der Waals surface area contributed by atoms with Crippen molar-refractivity contribution in [2.24, 2.45) is 0 Å². The summed E-state index contributed by atoms with van der Waals surface area (Å²) < 4.78 is 5.30. The van der Waals surface area contributed by atoms with E-state index in [9.17, 15) is 5.11 Å². The molecule has 0 aliphatic heterocycles. The van der Waals surface area contributed by atoms with Gasteiger partial charge in [-0.25, -0.2) is 0 Å². The monoisotopic (exact) mass is 236 g/mol. The Balaban J connectivity index is 2.41. The highest BCUT2D eigenvalue weighted by atomic mass is 16.5. The van der Waals surface area contributed by atoms with Crippen molar-refractivity contribution in [2.75, 3.05) is 7.11 Å². The number of rotatable bonds is 7. The summed E-state index contributed by atoms with van der Waals surface area (Å²) in [6.45, 7) is 4.15. The molecule has 0 radical (unpaired) electrons. The Morgan fingerprint density at radius 3 is 2.71 bits per heavy atom. The average molecular weight is 236 g/mol. The fourth-order valence-electron chi connectivity index (χ4n) is 2.04. The van der Waals surface area contributed by atoms with E-state index in [2.05, 4.69) is 25.1 Å². The van der Waals surface area contributed by atoms with E-state index >= 15 is 0 Å².